The highest BCUT2D eigenvalue weighted by Crippen LogP contribution is 2.24. The highest BCUT2D eigenvalue weighted by atomic mass is 16.2. The minimum Gasteiger partial charge on any atom is -0.372 e. The van der Waals surface area contributed by atoms with E-state index in [0.29, 0.717) is 12.0 Å². The number of carbonyl (C=O) groups excluding carboxylic acids is 1. The van der Waals surface area contributed by atoms with Gasteiger partial charge in [-0.1, -0.05) is 31.4 Å². The zero-order chi connectivity index (χ0) is 19.8. The summed E-state index contributed by atoms with van der Waals surface area (Å²) in [4.78, 5) is 18.9. The molecule has 1 heterocycles. The van der Waals surface area contributed by atoms with Gasteiger partial charge >= 0.3 is 0 Å². The lowest BCUT2D eigenvalue weighted by Crippen LogP contribution is -2.46. The molecule has 0 radical (unpaired) electrons. The average molecular weight is 386 g/mol. The molecular weight excluding hydrogens is 350 g/mol. The molecule has 2 fully saturated rings. The van der Waals surface area contributed by atoms with Crippen LogP contribution in [0.4, 0.5) is 5.69 Å². The third kappa shape index (κ3) is 5.88. The highest BCUT2D eigenvalue weighted by molar-refractivity contribution is 5.86. The summed E-state index contributed by atoms with van der Waals surface area (Å²) in [5, 5.41) is 9.68. The summed E-state index contributed by atoms with van der Waals surface area (Å²) in [5.74, 6) is 0.691. The van der Waals surface area contributed by atoms with Crippen LogP contribution >= 0.6 is 0 Å². The number of aliphatic imine (C=N–C) groups is 1. The number of nitrogens with zero attached hydrogens (tertiary/aromatic N) is 2. The van der Waals surface area contributed by atoms with Gasteiger partial charge in [0.25, 0.3) is 0 Å². The number of hydrogen-bond acceptors (Lipinski definition) is 3. The van der Waals surface area contributed by atoms with E-state index in [2.05, 4.69) is 57.0 Å². The number of carbonyl (C=O) groups is 1. The van der Waals surface area contributed by atoms with Gasteiger partial charge in [0, 0.05) is 31.9 Å². The normalized spacial score (nSPS) is 19.4. The second kappa shape index (κ2) is 10.3. The van der Waals surface area contributed by atoms with Crippen LogP contribution in [0.15, 0.2) is 29.3 Å². The van der Waals surface area contributed by atoms with Crippen LogP contribution in [0.25, 0.3) is 0 Å². The molecule has 28 heavy (non-hydrogen) atoms. The molecule has 1 unspecified atom stereocenters. The van der Waals surface area contributed by atoms with Gasteiger partial charge in [0.05, 0.1) is 12.6 Å². The molecule has 1 amide bonds. The zero-order valence-electron chi connectivity index (χ0n) is 17.3. The molecule has 3 N–H and O–H groups in total. The van der Waals surface area contributed by atoms with Crippen LogP contribution in [0.2, 0.25) is 0 Å². The molecule has 154 valence electrons. The molecule has 1 atom stereocenters. The monoisotopic (exact) mass is 385 g/mol. The molecule has 6 nitrogen and oxygen atoms in total. The van der Waals surface area contributed by atoms with Crippen molar-refractivity contribution < 1.29 is 4.79 Å². The van der Waals surface area contributed by atoms with Gasteiger partial charge in [-0.3, -0.25) is 9.79 Å². The van der Waals surface area contributed by atoms with Gasteiger partial charge in [0.15, 0.2) is 5.96 Å². The molecule has 1 saturated heterocycles. The lowest BCUT2D eigenvalue weighted by atomic mass is 9.95. The van der Waals surface area contributed by atoms with Crippen molar-refractivity contribution in [3.05, 3.63) is 29.8 Å². The molecule has 1 saturated carbocycles. The first-order valence-electron chi connectivity index (χ1n) is 10.8. The summed E-state index contributed by atoms with van der Waals surface area (Å²) in [6.45, 7) is 4.66. The zero-order valence-corrected chi connectivity index (χ0v) is 17.3. The van der Waals surface area contributed by atoms with E-state index in [-0.39, 0.29) is 18.5 Å². The van der Waals surface area contributed by atoms with Crippen LogP contribution in [0.3, 0.4) is 0 Å². The molecule has 6 heteroatoms. The first kappa shape index (κ1) is 20.5. The molecule has 0 bridgehead atoms. The summed E-state index contributed by atoms with van der Waals surface area (Å²) in [6.07, 6.45) is 8.48. The van der Waals surface area contributed by atoms with Crippen LogP contribution in [-0.4, -0.2) is 44.6 Å². The molecule has 1 aromatic carbocycles. The number of hydrogen-bond donors (Lipinski definition) is 3. The van der Waals surface area contributed by atoms with Crippen molar-refractivity contribution in [3.8, 4) is 0 Å². The smallest absolute Gasteiger partial charge is 0.239 e. The Morgan fingerprint density at radius 2 is 1.93 bits per heavy atom. The van der Waals surface area contributed by atoms with Crippen molar-refractivity contribution in [2.75, 3.05) is 31.6 Å². The van der Waals surface area contributed by atoms with Crippen LogP contribution in [0.1, 0.15) is 63.5 Å². The molecule has 1 aromatic rings. The quantitative estimate of drug-likeness (QED) is 0.520. The summed E-state index contributed by atoms with van der Waals surface area (Å²) >= 11 is 0. The fourth-order valence-electron chi connectivity index (χ4n) is 4.14. The first-order valence-corrected chi connectivity index (χ1v) is 10.8. The SMILES string of the molecule is CN=C(NCC(=O)NC1CCCCC1)NC(C)c1cccc(N2CCCC2)c1. The van der Waals surface area contributed by atoms with Crippen LogP contribution < -0.4 is 20.9 Å². The van der Waals surface area contributed by atoms with Crippen LogP contribution in [-0.2, 0) is 4.79 Å². The van der Waals surface area contributed by atoms with Crippen molar-refractivity contribution in [2.45, 2.75) is 64.0 Å². The minimum absolute atomic E-state index is 0.0403. The predicted octanol–water partition coefficient (Wildman–Crippen LogP) is 2.96. The predicted molar refractivity (Wildman–Crippen MR) is 116 cm³/mol. The van der Waals surface area contributed by atoms with E-state index in [9.17, 15) is 4.79 Å². The van der Waals surface area contributed by atoms with Gasteiger partial charge < -0.3 is 20.9 Å². The molecule has 1 aliphatic carbocycles. The van der Waals surface area contributed by atoms with Crippen molar-refractivity contribution in [3.63, 3.8) is 0 Å². The maximum absolute atomic E-state index is 12.2. The molecule has 1 aliphatic heterocycles. The lowest BCUT2D eigenvalue weighted by Gasteiger charge is -2.24. The van der Waals surface area contributed by atoms with Gasteiger partial charge in [-0.05, 0) is 50.3 Å². The summed E-state index contributed by atoms with van der Waals surface area (Å²) in [5.41, 5.74) is 2.51. The van der Waals surface area contributed by atoms with E-state index in [1.165, 1.54) is 43.4 Å². The number of benzene rings is 1. The minimum atomic E-state index is 0.0403. The number of nitrogens with one attached hydrogen (secondary N) is 3. The lowest BCUT2D eigenvalue weighted by molar-refractivity contribution is -0.120. The fraction of sp³-hybridized carbons (Fsp3) is 0.636. The Morgan fingerprint density at radius 3 is 2.64 bits per heavy atom. The van der Waals surface area contributed by atoms with Gasteiger partial charge in [0.2, 0.25) is 5.91 Å². The van der Waals surface area contributed by atoms with E-state index in [0.717, 1.165) is 25.9 Å². The van der Waals surface area contributed by atoms with Crippen LogP contribution in [0.5, 0.6) is 0 Å². The Morgan fingerprint density at radius 1 is 1.18 bits per heavy atom. The van der Waals surface area contributed by atoms with E-state index in [1.807, 2.05) is 0 Å². The maximum atomic E-state index is 12.2. The molecule has 0 spiro atoms. The second-order valence-electron chi connectivity index (χ2n) is 7.98. The van der Waals surface area contributed by atoms with E-state index in [4.69, 9.17) is 0 Å². The Bertz CT molecular complexity index is 663. The molecule has 3 rings (SSSR count). The van der Waals surface area contributed by atoms with Crippen LogP contribution in [0, 0.1) is 0 Å². The Kier molecular flexibility index (Phi) is 7.57. The summed E-state index contributed by atoms with van der Waals surface area (Å²) in [7, 11) is 1.74. The third-order valence-corrected chi connectivity index (χ3v) is 5.80. The Balaban J connectivity index is 1.48. The van der Waals surface area contributed by atoms with Crippen molar-refractivity contribution in [1.82, 2.24) is 16.0 Å². The maximum Gasteiger partial charge on any atom is 0.239 e. The fourth-order valence-corrected chi connectivity index (χ4v) is 4.14. The molecule has 2 aliphatic rings. The first-order chi connectivity index (χ1) is 13.7. The summed E-state index contributed by atoms with van der Waals surface area (Å²) in [6, 6.07) is 9.14. The summed E-state index contributed by atoms with van der Waals surface area (Å²) < 4.78 is 0. The van der Waals surface area contributed by atoms with Gasteiger partial charge in [-0.25, -0.2) is 0 Å². The number of guanidine groups is 1. The average Bonchev–Trinajstić information content (AvgIpc) is 3.27. The number of anilines is 1. The van der Waals surface area contributed by atoms with Crippen molar-refractivity contribution >= 4 is 17.6 Å². The molecular formula is C22H35N5O. The van der Waals surface area contributed by atoms with E-state index < -0.39 is 0 Å². The number of amides is 1. The van der Waals surface area contributed by atoms with Crippen molar-refractivity contribution in [2.24, 2.45) is 4.99 Å². The number of rotatable bonds is 6. The highest BCUT2D eigenvalue weighted by Gasteiger charge is 2.17. The Labute approximate surface area is 169 Å². The van der Waals surface area contributed by atoms with Crippen molar-refractivity contribution in [1.29, 1.82) is 0 Å². The van der Waals surface area contributed by atoms with E-state index in [1.54, 1.807) is 7.05 Å². The van der Waals surface area contributed by atoms with Gasteiger partial charge in [0.1, 0.15) is 0 Å². The Hall–Kier alpha value is -2.24. The standard InChI is InChI=1S/C22H35N5O/c1-17(18-9-8-12-20(15-18)27-13-6-7-14-27)25-22(23-2)24-16-21(28)26-19-10-4-3-5-11-19/h8-9,12,15,17,19H,3-7,10-11,13-14,16H2,1-2H3,(H,26,28)(H2,23,24,25). The van der Waals surface area contributed by atoms with Gasteiger partial charge in [-0.2, -0.15) is 0 Å². The largest absolute Gasteiger partial charge is 0.372 e. The third-order valence-electron chi connectivity index (χ3n) is 5.80. The second-order valence-corrected chi connectivity index (χ2v) is 7.98. The van der Waals surface area contributed by atoms with E-state index >= 15 is 0 Å². The van der Waals surface area contributed by atoms with Gasteiger partial charge in [-0.15, -0.1) is 0 Å². The topological polar surface area (TPSA) is 68.8 Å². The molecule has 0 aromatic heterocycles.